The van der Waals surface area contributed by atoms with Gasteiger partial charge in [0, 0.05) is 24.5 Å². The second kappa shape index (κ2) is 5.23. The summed E-state index contributed by atoms with van der Waals surface area (Å²) in [6, 6.07) is 7.80. The Hall–Kier alpha value is -2.17. The van der Waals surface area contributed by atoms with Crippen LogP contribution in [-0.4, -0.2) is 36.8 Å². The average molecular weight is 303 g/mol. The summed E-state index contributed by atoms with van der Waals surface area (Å²) in [5.41, 5.74) is 0.350. The Bertz CT molecular complexity index is 692. The average Bonchev–Trinajstić information content (AvgIpc) is 2.76. The Morgan fingerprint density at radius 1 is 1.27 bits per heavy atom. The van der Waals surface area contributed by atoms with E-state index in [4.69, 9.17) is 13.9 Å². The van der Waals surface area contributed by atoms with Crippen LogP contribution in [-0.2, 0) is 4.74 Å². The fourth-order valence-electron chi connectivity index (χ4n) is 2.49. The molecule has 0 radical (unpaired) electrons. The summed E-state index contributed by atoms with van der Waals surface area (Å²) in [6.45, 7) is 6.87. The van der Waals surface area contributed by atoms with Crippen LogP contribution in [0.15, 0.2) is 28.7 Å². The topological polar surface area (TPSA) is 51.9 Å². The Morgan fingerprint density at radius 2 is 2.00 bits per heavy atom. The number of hydrogen-bond acceptors (Lipinski definition) is 4. The third-order valence-electron chi connectivity index (χ3n) is 3.68. The number of amides is 1. The molecule has 22 heavy (non-hydrogen) atoms. The highest BCUT2D eigenvalue weighted by Crippen LogP contribution is 2.33. The van der Waals surface area contributed by atoms with Gasteiger partial charge in [0.2, 0.25) is 0 Å². The summed E-state index contributed by atoms with van der Waals surface area (Å²) < 4.78 is 16.4. The van der Waals surface area contributed by atoms with Gasteiger partial charge in [0.25, 0.3) is 0 Å². The molecule has 1 saturated heterocycles. The molecule has 1 aliphatic heterocycles. The number of benzene rings is 1. The van der Waals surface area contributed by atoms with Gasteiger partial charge < -0.3 is 18.8 Å². The second-order valence-corrected chi connectivity index (χ2v) is 6.63. The summed E-state index contributed by atoms with van der Waals surface area (Å²) in [5.74, 6) is 1.91. The maximum absolute atomic E-state index is 11.9. The van der Waals surface area contributed by atoms with Crippen molar-refractivity contribution in [3.05, 3.63) is 30.0 Å². The molecule has 0 spiro atoms. The summed E-state index contributed by atoms with van der Waals surface area (Å²) in [6.07, 6.45) is -0.262. The molecule has 5 heteroatoms. The molecule has 0 bridgehead atoms. The van der Waals surface area contributed by atoms with Crippen molar-refractivity contribution in [3.63, 3.8) is 0 Å². The first-order chi connectivity index (χ1) is 10.4. The Labute approximate surface area is 129 Å². The Morgan fingerprint density at radius 3 is 2.64 bits per heavy atom. The van der Waals surface area contributed by atoms with Gasteiger partial charge in [0.05, 0.1) is 13.0 Å². The van der Waals surface area contributed by atoms with Crippen LogP contribution in [0.25, 0.3) is 11.0 Å². The molecule has 2 aromatic rings. The number of furan rings is 1. The van der Waals surface area contributed by atoms with E-state index >= 15 is 0 Å². The number of methoxy groups -OCH3 is 1. The van der Waals surface area contributed by atoms with E-state index in [2.05, 4.69) is 0 Å². The fraction of sp³-hybridized carbons (Fsp3) is 0.471. The first-order valence-electron chi connectivity index (χ1n) is 7.41. The smallest absolute Gasteiger partial charge is 0.410 e. The van der Waals surface area contributed by atoms with Crippen LogP contribution in [0.4, 0.5) is 4.79 Å². The monoisotopic (exact) mass is 303 g/mol. The lowest BCUT2D eigenvalue weighted by Gasteiger charge is -2.38. The minimum atomic E-state index is -0.460. The summed E-state index contributed by atoms with van der Waals surface area (Å²) in [7, 11) is 1.63. The first kappa shape index (κ1) is 14.8. The van der Waals surface area contributed by atoms with Gasteiger partial charge in [0.1, 0.15) is 22.7 Å². The molecule has 0 aliphatic carbocycles. The van der Waals surface area contributed by atoms with Crippen molar-refractivity contribution in [2.45, 2.75) is 32.3 Å². The largest absolute Gasteiger partial charge is 0.497 e. The number of nitrogens with zero attached hydrogens (tertiary/aromatic N) is 1. The number of rotatable bonds is 2. The lowest BCUT2D eigenvalue weighted by Crippen LogP contribution is -2.50. The van der Waals surface area contributed by atoms with Crippen LogP contribution in [0.2, 0.25) is 0 Å². The summed E-state index contributed by atoms with van der Waals surface area (Å²) in [5, 5.41) is 1.05. The number of fused-ring (bicyclic) bond motifs is 1. The van der Waals surface area contributed by atoms with E-state index in [1.807, 2.05) is 45.0 Å². The number of likely N-dealkylation sites (tertiary alicyclic amines) is 1. The van der Waals surface area contributed by atoms with Gasteiger partial charge >= 0.3 is 6.09 Å². The van der Waals surface area contributed by atoms with Crippen molar-refractivity contribution in [2.24, 2.45) is 0 Å². The quantitative estimate of drug-likeness (QED) is 0.847. The normalized spacial score (nSPS) is 15.7. The number of hydrogen-bond donors (Lipinski definition) is 0. The number of carbonyl (C=O) groups is 1. The molecule has 2 heterocycles. The zero-order valence-electron chi connectivity index (χ0n) is 13.4. The van der Waals surface area contributed by atoms with Crippen molar-refractivity contribution in [1.29, 1.82) is 0 Å². The molecule has 5 nitrogen and oxygen atoms in total. The highest BCUT2D eigenvalue weighted by Gasteiger charge is 2.36. The molecule has 1 fully saturated rings. The SMILES string of the molecule is COc1ccc2cc(C3CN(C(=O)OC(C)(C)C)C3)oc2c1. The van der Waals surface area contributed by atoms with E-state index in [0.29, 0.717) is 13.1 Å². The Balaban J connectivity index is 1.66. The van der Waals surface area contributed by atoms with Crippen LogP contribution in [0.3, 0.4) is 0 Å². The van der Waals surface area contributed by atoms with Gasteiger partial charge in [-0.2, -0.15) is 0 Å². The zero-order valence-corrected chi connectivity index (χ0v) is 13.4. The van der Waals surface area contributed by atoms with E-state index in [1.54, 1.807) is 12.0 Å². The van der Waals surface area contributed by atoms with Gasteiger partial charge in [-0.05, 0) is 39.0 Å². The predicted octanol–water partition coefficient (Wildman–Crippen LogP) is 3.78. The molecule has 0 unspecified atom stereocenters. The van der Waals surface area contributed by atoms with Crippen molar-refractivity contribution in [3.8, 4) is 5.75 Å². The zero-order chi connectivity index (χ0) is 15.9. The maximum Gasteiger partial charge on any atom is 0.410 e. The standard InChI is InChI=1S/C17H21NO4/c1-17(2,3)22-16(19)18-9-12(10-18)14-7-11-5-6-13(20-4)8-15(11)21-14/h5-8,12H,9-10H2,1-4H3. The molecule has 0 atom stereocenters. The minimum absolute atomic E-state index is 0.228. The number of ether oxygens (including phenoxy) is 2. The summed E-state index contributed by atoms with van der Waals surface area (Å²) >= 11 is 0. The van der Waals surface area contributed by atoms with Crippen LogP contribution < -0.4 is 4.74 Å². The third-order valence-corrected chi connectivity index (χ3v) is 3.68. The fourth-order valence-corrected chi connectivity index (χ4v) is 2.49. The van der Waals surface area contributed by atoms with Crippen LogP contribution in [0, 0.1) is 0 Å². The van der Waals surface area contributed by atoms with Crippen molar-refractivity contribution in [2.75, 3.05) is 20.2 Å². The van der Waals surface area contributed by atoms with Crippen LogP contribution in [0.1, 0.15) is 32.4 Å². The van der Waals surface area contributed by atoms with E-state index in [0.717, 1.165) is 22.5 Å². The summed E-state index contributed by atoms with van der Waals surface area (Å²) in [4.78, 5) is 13.6. The Kier molecular flexibility index (Phi) is 3.51. The molecule has 0 saturated carbocycles. The van der Waals surface area contributed by atoms with Gasteiger partial charge in [-0.15, -0.1) is 0 Å². The van der Waals surface area contributed by atoms with Crippen LogP contribution >= 0.6 is 0 Å². The van der Waals surface area contributed by atoms with E-state index in [9.17, 15) is 4.79 Å². The first-order valence-corrected chi connectivity index (χ1v) is 7.41. The lowest BCUT2D eigenvalue weighted by atomic mass is 9.98. The third kappa shape index (κ3) is 2.89. The minimum Gasteiger partial charge on any atom is -0.497 e. The van der Waals surface area contributed by atoms with Crippen molar-refractivity contribution in [1.82, 2.24) is 4.90 Å². The van der Waals surface area contributed by atoms with Gasteiger partial charge in [-0.25, -0.2) is 4.79 Å². The van der Waals surface area contributed by atoms with Gasteiger partial charge in [-0.3, -0.25) is 0 Å². The highest BCUT2D eigenvalue weighted by molar-refractivity contribution is 5.79. The molecule has 0 N–H and O–H groups in total. The lowest BCUT2D eigenvalue weighted by molar-refractivity contribution is 0.00666. The van der Waals surface area contributed by atoms with Gasteiger partial charge in [0.15, 0.2) is 0 Å². The highest BCUT2D eigenvalue weighted by atomic mass is 16.6. The van der Waals surface area contributed by atoms with Crippen molar-refractivity contribution < 1.29 is 18.7 Å². The van der Waals surface area contributed by atoms with E-state index in [1.165, 1.54) is 0 Å². The van der Waals surface area contributed by atoms with Gasteiger partial charge in [-0.1, -0.05) is 0 Å². The molecule has 1 aliphatic rings. The predicted molar refractivity (Wildman–Crippen MR) is 83.3 cm³/mol. The molecular formula is C17H21NO4. The molecular weight excluding hydrogens is 282 g/mol. The van der Waals surface area contributed by atoms with Crippen molar-refractivity contribution >= 4 is 17.1 Å². The molecule has 1 amide bonds. The molecule has 1 aromatic carbocycles. The van der Waals surface area contributed by atoms with E-state index in [-0.39, 0.29) is 12.0 Å². The molecule has 1 aromatic heterocycles. The van der Waals surface area contributed by atoms with E-state index < -0.39 is 5.60 Å². The number of carbonyl (C=O) groups excluding carboxylic acids is 1. The maximum atomic E-state index is 11.9. The van der Waals surface area contributed by atoms with Crippen LogP contribution in [0.5, 0.6) is 5.75 Å². The molecule has 118 valence electrons. The molecule has 3 rings (SSSR count). The second-order valence-electron chi connectivity index (χ2n) is 6.63.